The van der Waals surface area contributed by atoms with Crippen LogP contribution in [0.5, 0.6) is 5.75 Å². The minimum Gasteiger partial charge on any atom is -0.493 e. The van der Waals surface area contributed by atoms with Crippen molar-refractivity contribution in [2.45, 2.75) is 57.0 Å². The second-order valence-corrected chi connectivity index (χ2v) is 9.59. The van der Waals surface area contributed by atoms with Crippen molar-refractivity contribution in [1.82, 2.24) is 9.80 Å². The summed E-state index contributed by atoms with van der Waals surface area (Å²) in [4.78, 5) is 29.4. The summed E-state index contributed by atoms with van der Waals surface area (Å²) in [6.07, 6.45) is 6.48. The molecule has 0 spiro atoms. The van der Waals surface area contributed by atoms with Gasteiger partial charge in [0.15, 0.2) is 0 Å². The van der Waals surface area contributed by atoms with Crippen LogP contribution < -0.4 is 4.74 Å². The third kappa shape index (κ3) is 4.98. The van der Waals surface area contributed by atoms with E-state index in [1.807, 2.05) is 35.2 Å². The van der Waals surface area contributed by atoms with Gasteiger partial charge in [-0.1, -0.05) is 48.9 Å². The molecule has 3 fully saturated rings. The second-order valence-electron chi connectivity index (χ2n) is 9.59. The van der Waals surface area contributed by atoms with Gasteiger partial charge in [0.1, 0.15) is 5.75 Å². The number of benzene rings is 2. The van der Waals surface area contributed by atoms with Crippen molar-refractivity contribution in [2.24, 2.45) is 5.92 Å². The first-order valence-electron chi connectivity index (χ1n) is 12.0. The molecule has 1 heterocycles. The number of hydrogen-bond donors (Lipinski definition) is 0. The first-order valence-corrected chi connectivity index (χ1v) is 12.0. The molecular weight excluding hydrogens is 400 g/mol. The van der Waals surface area contributed by atoms with Crippen molar-refractivity contribution in [3.8, 4) is 5.75 Å². The third-order valence-corrected chi connectivity index (χ3v) is 7.11. The monoisotopic (exact) mass is 432 g/mol. The molecule has 0 unspecified atom stereocenters. The first-order chi connectivity index (χ1) is 15.7. The molecule has 1 saturated heterocycles. The quantitative estimate of drug-likeness (QED) is 0.591. The summed E-state index contributed by atoms with van der Waals surface area (Å²) in [7, 11) is 0. The number of carbonyl (C=O) groups is 2. The lowest BCUT2D eigenvalue weighted by atomic mass is 9.86. The topological polar surface area (TPSA) is 49.9 Å². The largest absolute Gasteiger partial charge is 0.493 e. The van der Waals surface area contributed by atoms with Gasteiger partial charge in [-0.2, -0.15) is 0 Å². The van der Waals surface area contributed by atoms with E-state index in [1.165, 1.54) is 24.8 Å². The number of carbonyl (C=O) groups excluding carboxylic acids is 2. The van der Waals surface area contributed by atoms with Crippen LogP contribution in [0.1, 0.15) is 55.6 Å². The fraction of sp³-hybridized carbons (Fsp3) is 0.481. The molecule has 2 aromatic rings. The van der Waals surface area contributed by atoms with Gasteiger partial charge in [0.2, 0.25) is 11.8 Å². The van der Waals surface area contributed by atoms with Crippen LogP contribution in [0.15, 0.2) is 54.6 Å². The highest BCUT2D eigenvalue weighted by Gasteiger charge is 2.36. The minimum absolute atomic E-state index is 0.0554. The zero-order chi connectivity index (χ0) is 21.9. The maximum absolute atomic E-state index is 13.2. The molecule has 5 heteroatoms. The number of nitrogens with zero attached hydrogens (tertiary/aromatic N) is 2. The number of hydrogen-bond acceptors (Lipinski definition) is 3. The van der Waals surface area contributed by atoms with Crippen LogP contribution in [0.25, 0.3) is 0 Å². The van der Waals surface area contributed by atoms with E-state index < -0.39 is 0 Å². The van der Waals surface area contributed by atoms with Gasteiger partial charge in [-0.3, -0.25) is 9.59 Å². The van der Waals surface area contributed by atoms with Gasteiger partial charge in [0, 0.05) is 31.5 Å². The van der Waals surface area contributed by atoms with Crippen LogP contribution in [-0.4, -0.2) is 47.4 Å². The average Bonchev–Trinajstić information content (AvgIpc) is 3.55. The lowest BCUT2D eigenvalue weighted by molar-refractivity contribution is -0.139. The predicted molar refractivity (Wildman–Crippen MR) is 123 cm³/mol. The van der Waals surface area contributed by atoms with E-state index in [2.05, 4.69) is 24.3 Å². The number of ether oxygens (including phenoxy) is 1. The maximum atomic E-state index is 13.2. The van der Waals surface area contributed by atoms with Gasteiger partial charge in [0.05, 0.1) is 13.2 Å². The van der Waals surface area contributed by atoms with Crippen LogP contribution in [-0.2, 0) is 16.1 Å². The molecule has 2 amide bonds. The van der Waals surface area contributed by atoms with Crippen molar-refractivity contribution in [2.75, 3.05) is 19.7 Å². The summed E-state index contributed by atoms with van der Waals surface area (Å²) < 4.78 is 5.90. The first kappa shape index (κ1) is 21.0. The molecule has 0 bridgehead atoms. The van der Waals surface area contributed by atoms with Gasteiger partial charge < -0.3 is 14.5 Å². The van der Waals surface area contributed by atoms with Crippen LogP contribution >= 0.6 is 0 Å². The lowest BCUT2D eigenvalue weighted by Gasteiger charge is -2.26. The smallest absolute Gasteiger partial charge is 0.242 e. The number of amides is 2. The Bertz CT molecular complexity index is 935. The maximum Gasteiger partial charge on any atom is 0.242 e. The molecule has 0 N–H and O–H groups in total. The minimum atomic E-state index is 0.0554. The van der Waals surface area contributed by atoms with E-state index >= 15 is 0 Å². The molecule has 5 rings (SSSR count). The van der Waals surface area contributed by atoms with Crippen molar-refractivity contribution in [3.05, 3.63) is 65.7 Å². The number of rotatable bonds is 9. The average molecular weight is 433 g/mol. The summed E-state index contributed by atoms with van der Waals surface area (Å²) in [5, 5.41) is 0. The van der Waals surface area contributed by atoms with Crippen LogP contribution in [0, 0.1) is 5.92 Å². The van der Waals surface area contributed by atoms with E-state index in [1.54, 1.807) is 4.90 Å². The Morgan fingerprint density at radius 2 is 1.75 bits per heavy atom. The lowest BCUT2D eigenvalue weighted by Crippen LogP contribution is -2.41. The summed E-state index contributed by atoms with van der Waals surface area (Å²) in [6, 6.07) is 18.6. The third-order valence-electron chi connectivity index (χ3n) is 7.11. The van der Waals surface area contributed by atoms with E-state index in [0.29, 0.717) is 31.5 Å². The molecule has 2 aromatic carbocycles. The Hall–Kier alpha value is -2.82. The molecule has 2 saturated carbocycles. The van der Waals surface area contributed by atoms with Crippen LogP contribution in [0.4, 0.5) is 0 Å². The fourth-order valence-electron chi connectivity index (χ4n) is 4.70. The predicted octanol–water partition coefficient (Wildman–Crippen LogP) is 4.37. The molecule has 3 aliphatic rings. The van der Waals surface area contributed by atoms with Gasteiger partial charge >= 0.3 is 0 Å². The van der Waals surface area contributed by atoms with Crippen molar-refractivity contribution in [3.63, 3.8) is 0 Å². The van der Waals surface area contributed by atoms with Gasteiger partial charge in [-0.05, 0) is 54.9 Å². The molecule has 2 aliphatic carbocycles. The molecule has 1 atom stereocenters. The van der Waals surface area contributed by atoms with E-state index in [-0.39, 0.29) is 24.3 Å². The number of likely N-dealkylation sites (tertiary alicyclic amines) is 1. The summed E-state index contributed by atoms with van der Waals surface area (Å²) >= 11 is 0. The molecule has 1 aliphatic heterocycles. The molecule has 168 valence electrons. The van der Waals surface area contributed by atoms with Gasteiger partial charge in [0.25, 0.3) is 0 Å². The van der Waals surface area contributed by atoms with E-state index in [9.17, 15) is 9.59 Å². The Morgan fingerprint density at radius 1 is 1.00 bits per heavy atom. The highest BCUT2D eigenvalue weighted by Crippen LogP contribution is 2.31. The molecular formula is C27H32N2O3. The summed E-state index contributed by atoms with van der Waals surface area (Å²) in [5.41, 5.74) is 2.28. The van der Waals surface area contributed by atoms with Crippen LogP contribution in [0.2, 0.25) is 0 Å². The van der Waals surface area contributed by atoms with Crippen LogP contribution in [0.3, 0.4) is 0 Å². The van der Waals surface area contributed by atoms with Crippen molar-refractivity contribution >= 4 is 11.8 Å². The summed E-state index contributed by atoms with van der Waals surface area (Å²) in [6.45, 7) is 2.21. The SMILES string of the molecule is O=C1C[C@@H](c2ccccc2)CN1CC(=O)N(Cc1ccc(OCC2CCC2)cc1)C1CC1. The molecule has 5 nitrogen and oxygen atoms in total. The van der Waals surface area contributed by atoms with Gasteiger partial charge in [-0.25, -0.2) is 0 Å². The normalized spacial score (nSPS) is 20.8. The molecule has 0 radical (unpaired) electrons. The van der Waals surface area contributed by atoms with Crippen molar-refractivity contribution in [1.29, 1.82) is 0 Å². The molecule has 32 heavy (non-hydrogen) atoms. The Labute approximate surface area is 190 Å². The standard InChI is InChI=1S/C27H32N2O3/c30-26-15-23(22-7-2-1-3-8-22)17-28(26)18-27(31)29(24-11-12-24)16-20-9-13-25(14-10-20)32-19-21-5-4-6-21/h1-3,7-10,13-14,21,23-24H,4-6,11-12,15-19H2/t23-/m1/s1. The Kier molecular flexibility index (Phi) is 6.15. The second kappa shape index (κ2) is 9.35. The fourth-order valence-corrected chi connectivity index (χ4v) is 4.70. The summed E-state index contributed by atoms with van der Waals surface area (Å²) in [5.74, 6) is 1.93. The van der Waals surface area contributed by atoms with Gasteiger partial charge in [-0.15, -0.1) is 0 Å². The molecule has 0 aromatic heterocycles. The van der Waals surface area contributed by atoms with E-state index in [4.69, 9.17) is 4.74 Å². The Morgan fingerprint density at radius 3 is 2.41 bits per heavy atom. The van der Waals surface area contributed by atoms with Crippen molar-refractivity contribution < 1.29 is 14.3 Å². The Balaban J connectivity index is 1.17. The zero-order valence-electron chi connectivity index (χ0n) is 18.6. The highest BCUT2D eigenvalue weighted by atomic mass is 16.5. The van der Waals surface area contributed by atoms with E-state index in [0.717, 1.165) is 30.8 Å². The zero-order valence-corrected chi connectivity index (χ0v) is 18.6. The highest BCUT2D eigenvalue weighted by molar-refractivity contribution is 5.87.